The molecule has 1 aromatic carbocycles. The molecule has 0 aliphatic heterocycles. The number of hydrogen-bond acceptors (Lipinski definition) is 3. The van der Waals surface area contributed by atoms with Crippen LogP contribution in [0.25, 0.3) is 0 Å². The van der Waals surface area contributed by atoms with Crippen molar-refractivity contribution in [2.75, 3.05) is 13.7 Å². The van der Waals surface area contributed by atoms with Gasteiger partial charge in [0.05, 0.1) is 7.11 Å². The zero-order chi connectivity index (χ0) is 13.5. The van der Waals surface area contributed by atoms with E-state index in [0.717, 1.165) is 5.56 Å². The molecule has 1 rings (SSSR count). The number of terminal acetylenes is 1. The molecular weight excluding hydrogens is 296 g/mol. The minimum absolute atomic E-state index is 0.0251. The fraction of sp³-hybridized carbons (Fsp3) is 0.357. The quantitative estimate of drug-likeness (QED) is 0.598. The number of ether oxygens (including phenoxy) is 2. The summed E-state index contributed by atoms with van der Waals surface area (Å²) in [5, 5.41) is 0. The minimum atomic E-state index is -0.463. The molecule has 2 unspecified atom stereocenters. The number of ketones is 1. The highest BCUT2D eigenvalue weighted by Gasteiger charge is 2.27. The average molecular weight is 311 g/mol. The number of para-hydroxylation sites is 1. The number of carbonyl (C=O) groups is 1. The predicted octanol–water partition coefficient (Wildman–Crippen LogP) is 2.74. The first kappa shape index (κ1) is 14.7. The first-order chi connectivity index (χ1) is 8.61. The van der Waals surface area contributed by atoms with Gasteiger partial charge in [-0.25, -0.2) is 0 Å². The number of halogens is 1. The summed E-state index contributed by atoms with van der Waals surface area (Å²) < 4.78 is 10.8. The second-order valence-electron chi connectivity index (χ2n) is 3.69. The Kier molecular flexibility index (Phi) is 5.90. The summed E-state index contributed by atoms with van der Waals surface area (Å²) >= 11 is 3.34. The minimum Gasteiger partial charge on any atom is -0.496 e. The second-order valence-corrected chi connectivity index (χ2v) is 4.68. The molecule has 18 heavy (non-hydrogen) atoms. The molecule has 0 heterocycles. The Labute approximate surface area is 116 Å². The SMILES string of the molecule is C#CCOC(c1ccccc1OC)C(Br)C(C)=O. The predicted molar refractivity (Wildman–Crippen MR) is 73.9 cm³/mol. The van der Waals surface area contributed by atoms with Gasteiger partial charge >= 0.3 is 0 Å². The van der Waals surface area contributed by atoms with E-state index in [1.807, 2.05) is 24.3 Å². The van der Waals surface area contributed by atoms with Gasteiger partial charge in [0.15, 0.2) is 0 Å². The molecule has 0 amide bonds. The first-order valence-corrected chi connectivity index (χ1v) is 6.36. The molecule has 4 heteroatoms. The van der Waals surface area contributed by atoms with E-state index in [-0.39, 0.29) is 12.4 Å². The molecule has 0 aromatic heterocycles. The fourth-order valence-corrected chi connectivity index (χ4v) is 2.02. The lowest BCUT2D eigenvalue weighted by Gasteiger charge is -2.22. The number of alkyl halides is 1. The van der Waals surface area contributed by atoms with Crippen LogP contribution in [0.1, 0.15) is 18.6 Å². The third-order valence-electron chi connectivity index (χ3n) is 2.45. The highest BCUT2D eigenvalue weighted by molar-refractivity contribution is 9.10. The van der Waals surface area contributed by atoms with Gasteiger partial charge < -0.3 is 9.47 Å². The summed E-state index contributed by atoms with van der Waals surface area (Å²) in [7, 11) is 1.58. The summed E-state index contributed by atoms with van der Waals surface area (Å²) in [6, 6.07) is 7.40. The molecule has 0 N–H and O–H groups in total. The fourth-order valence-electron chi connectivity index (χ4n) is 1.58. The van der Waals surface area contributed by atoms with Crippen LogP contribution in [0.2, 0.25) is 0 Å². The molecule has 96 valence electrons. The van der Waals surface area contributed by atoms with Crippen molar-refractivity contribution >= 4 is 21.7 Å². The normalized spacial score (nSPS) is 13.4. The lowest BCUT2D eigenvalue weighted by Crippen LogP contribution is -2.23. The van der Waals surface area contributed by atoms with E-state index >= 15 is 0 Å². The Morgan fingerprint density at radius 1 is 1.50 bits per heavy atom. The third kappa shape index (κ3) is 3.59. The van der Waals surface area contributed by atoms with Crippen molar-refractivity contribution < 1.29 is 14.3 Å². The molecule has 1 aromatic rings. The van der Waals surface area contributed by atoms with E-state index in [1.54, 1.807) is 7.11 Å². The first-order valence-electron chi connectivity index (χ1n) is 5.44. The van der Waals surface area contributed by atoms with E-state index in [9.17, 15) is 4.79 Å². The van der Waals surface area contributed by atoms with Gasteiger partial charge in [0.1, 0.15) is 29.1 Å². The zero-order valence-corrected chi connectivity index (χ0v) is 11.9. The highest BCUT2D eigenvalue weighted by atomic mass is 79.9. The smallest absolute Gasteiger partial charge is 0.146 e. The molecule has 0 aliphatic carbocycles. The number of methoxy groups -OCH3 is 1. The van der Waals surface area contributed by atoms with Crippen LogP contribution in [-0.2, 0) is 9.53 Å². The maximum Gasteiger partial charge on any atom is 0.146 e. The van der Waals surface area contributed by atoms with E-state index in [2.05, 4.69) is 21.9 Å². The van der Waals surface area contributed by atoms with Gasteiger partial charge in [-0.3, -0.25) is 4.79 Å². The van der Waals surface area contributed by atoms with Crippen molar-refractivity contribution in [1.82, 2.24) is 0 Å². The summed E-state index contributed by atoms with van der Waals surface area (Å²) in [4.78, 5) is 11.0. The molecule has 0 bridgehead atoms. The average Bonchev–Trinajstić information content (AvgIpc) is 2.39. The van der Waals surface area contributed by atoms with Crippen molar-refractivity contribution in [3.8, 4) is 18.1 Å². The van der Waals surface area contributed by atoms with Gasteiger partial charge in [-0.1, -0.05) is 40.0 Å². The van der Waals surface area contributed by atoms with E-state index in [0.29, 0.717) is 5.75 Å². The number of benzene rings is 1. The monoisotopic (exact) mass is 310 g/mol. The van der Waals surface area contributed by atoms with E-state index < -0.39 is 10.9 Å². The van der Waals surface area contributed by atoms with Gasteiger partial charge in [-0.2, -0.15) is 0 Å². The Balaban J connectivity index is 3.08. The summed E-state index contributed by atoms with van der Waals surface area (Å²) in [6.45, 7) is 1.64. The summed E-state index contributed by atoms with van der Waals surface area (Å²) in [6.07, 6.45) is 4.73. The molecular formula is C14H15BrO3. The van der Waals surface area contributed by atoms with Crippen LogP contribution < -0.4 is 4.74 Å². The van der Waals surface area contributed by atoms with Gasteiger partial charge in [0.25, 0.3) is 0 Å². The highest BCUT2D eigenvalue weighted by Crippen LogP contribution is 2.33. The van der Waals surface area contributed by atoms with Gasteiger partial charge in [-0.05, 0) is 13.0 Å². The Bertz CT molecular complexity index is 451. The molecule has 0 saturated heterocycles. The maximum atomic E-state index is 11.5. The van der Waals surface area contributed by atoms with Crippen molar-refractivity contribution in [2.24, 2.45) is 0 Å². The van der Waals surface area contributed by atoms with Gasteiger partial charge in [0.2, 0.25) is 0 Å². The molecule has 0 spiro atoms. The van der Waals surface area contributed by atoms with Crippen molar-refractivity contribution in [3.05, 3.63) is 29.8 Å². The third-order valence-corrected chi connectivity index (χ3v) is 3.57. The standard InChI is InChI=1S/C14H15BrO3/c1-4-9-18-14(13(15)10(2)16)11-7-5-6-8-12(11)17-3/h1,5-8,13-14H,9H2,2-3H3. The Morgan fingerprint density at radius 2 is 2.17 bits per heavy atom. The largest absolute Gasteiger partial charge is 0.496 e. The van der Waals surface area contributed by atoms with Crippen molar-refractivity contribution in [3.63, 3.8) is 0 Å². The van der Waals surface area contributed by atoms with Crippen LogP contribution in [0.15, 0.2) is 24.3 Å². The topological polar surface area (TPSA) is 35.5 Å². The van der Waals surface area contributed by atoms with Crippen LogP contribution in [0.3, 0.4) is 0 Å². The maximum absolute atomic E-state index is 11.5. The molecule has 3 nitrogen and oxygen atoms in total. The number of rotatable bonds is 6. The van der Waals surface area contributed by atoms with E-state index in [4.69, 9.17) is 15.9 Å². The van der Waals surface area contributed by atoms with Crippen LogP contribution in [0.5, 0.6) is 5.75 Å². The van der Waals surface area contributed by atoms with Gasteiger partial charge in [-0.15, -0.1) is 6.42 Å². The van der Waals surface area contributed by atoms with Crippen LogP contribution in [-0.4, -0.2) is 24.3 Å². The number of Topliss-reactive ketones (excluding diaryl/α,β-unsaturated/α-hetero) is 1. The molecule has 0 saturated carbocycles. The summed E-state index contributed by atoms with van der Waals surface area (Å²) in [5.41, 5.74) is 0.798. The molecule has 0 aliphatic rings. The van der Waals surface area contributed by atoms with Crippen LogP contribution in [0, 0.1) is 12.3 Å². The van der Waals surface area contributed by atoms with Crippen molar-refractivity contribution in [1.29, 1.82) is 0 Å². The van der Waals surface area contributed by atoms with Gasteiger partial charge in [0, 0.05) is 5.56 Å². The van der Waals surface area contributed by atoms with Crippen LogP contribution >= 0.6 is 15.9 Å². The molecule has 0 radical (unpaired) electrons. The van der Waals surface area contributed by atoms with E-state index in [1.165, 1.54) is 6.92 Å². The lowest BCUT2D eigenvalue weighted by molar-refractivity contribution is -0.118. The zero-order valence-electron chi connectivity index (χ0n) is 10.4. The number of hydrogen-bond donors (Lipinski definition) is 0. The van der Waals surface area contributed by atoms with Crippen LogP contribution in [0.4, 0.5) is 0 Å². The molecule has 0 fully saturated rings. The van der Waals surface area contributed by atoms with Crippen molar-refractivity contribution in [2.45, 2.75) is 17.9 Å². The summed E-state index contributed by atoms with van der Waals surface area (Å²) in [5.74, 6) is 3.05. The Hall–Kier alpha value is -1.31. The lowest BCUT2D eigenvalue weighted by atomic mass is 10.0. The molecule has 2 atom stereocenters. The number of carbonyl (C=O) groups excluding carboxylic acids is 1. The second kappa shape index (κ2) is 7.20. The Morgan fingerprint density at radius 3 is 2.72 bits per heavy atom.